The van der Waals surface area contributed by atoms with Gasteiger partial charge in [0.25, 0.3) is 0 Å². The standard InChI is InChI=1S/C14H30N2O/c1-5-7-12(3)16(4)10-14(15-6-2)13-8-9-17-11-13/h12-15H,5-11H2,1-4H3. The summed E-state index contributed by atoms with van der Waals surface area (Å²) in [6.45, 7) is 10.9. The van der Waals surface area contributed by atoms with Crippen molar-refractivity contribution in [3.8, 4) is 0 Å². The van der Waals surface area contributed by atoms with E-state index in [9.17, 15) is 0 Å². The van der Waals surface area contributed by atoms with Crippen LogP contribution in [0.5, 0.6) is 0 Å². The van der Waals surface area contributed by atoms with Crippen molar-refractivity contribution in [3.05, 3.63) is 0 Å². The Morgan fingerprint density at radius 2 is 2.18 bits per heavy atom. The lowest BCUT2D eigenvalue weighted by Crippen LogP contribution is -2.47. The molecule has 3 atom stereocenters. The highest BCUT2D eigenvalue weighted by molar-refractivity contribution is 4.82. The van der Waals surface area contributed by atoms with E-state index in [4.69, 9.17) is 4.74 Å². The van der Waals surface area contributed by atoms with Crippen molar-refractivity contribution < 1.29 is 4.74 Å². The quantitative estimate of drug-likeness (QED) is 0.705. The molecule has 102 valence electrons. The van der Waals surface area contributed by atoms with Gasteiger partial charge in [-0.3, -0.25) is 0 Å². The molecule has 0 amide bonds. The second-order valence-corrected chi connectivity index (χ2v) is 5.37. The molecule has 0 aromatic carbocycles. The van der Waals surface area contributed by atoms with Gasteiger partial charge in [0, 0.05) is 31.2 Å². The van der Waals surface area contributed by atoms with Crippen LogP contribution in [0.2, 0.25) is 0 Å². The van der Waals surface area contributed by atoms with Crippen LogP contribution in [0.4, 0.5) is 0 Å². The van der Waals surface area contributed by atoms with Gasteiger partial charge in [0.15, 0.2) is 0 Å². The van der Waals surface area contributed by atoms with Crippen LogP contribution in [-0.4, -0.2) is 50.3 Å². The van der Waals surface area contributed by atoms with E-state index >= 15 is 0 Å². The second kappa shape index (κ2) is 8.06. The third-order valence-electron chi connectivity index (χ3n) is 3.94. The predicted molar refractivity (Wildman–Crippen MR) is 73.4 cm³/mol. The minimum absolute atomic E-state index is 0.590. The Hall–Kier alpha value is -0.120. The number of likely N-dealkylation sites (N-methyl/N-ethyl adjacent to an activating group) is 2. The lowest BCUT2D eigenvalue weighted by molar-refractivity contribution is 0.156. The van der Waals surface area contributed by atoms with Crippen LogP contribution in [0.3, 0.4) is 0 Å². The molecule has 1 saturated heterocycles. The summed E-state index contributed by atoms with van der Waals surface area (Å²) in [4.78, 5) is 2.50. The fourth-order valence-electron chi connectivity index (χ4n) is 2.64. The molecule has 0 radical (unpaired) electrons. The van der Waals surface area contributed by atoms with Gasteiger partial charge in [-0.15, -0.1) is 0 Å². The summed E-state index contributed by atoms with van der Waals surface area (Å²) in [7, 11) is 2.25. The van der Waals surface area contributed by atoms with E-state index in [0.717, 1.165) is 26.3 Å². The maximum Gasteiger partial charge on any atom is 0.0510 e. The number of nitrogens with one attached hydrogen (secondary N) is 1. The highest BCUT2D eigenvalue weighted by Gasteiger charge is 2.26. The number of ether oxygens (including phenoxy) is 1. The number of rotatable bonds is 8. The van der Waals surface area contributed by atoms with Gasteiger partial charge in [-0.05, 0) is 33.4 Å². The van der Waals surface area contributed by atoms with Crippen LogP contribution in [-0.2, 0) is 4.74 Å². The highest BCUT2D eigenvalue weighted by Crippen LogP contribution is 2.18. The molecule has 1 fully saturated rings. The number of hydrogen-bond donors (Lipinski definition) is 1. The van der Waals surface area contributed by atoms with E-state index in [2.05, 4.69) is 38.0 Å². The lowest BCUT2D eigenvalue weighted by atomic mass is 9.98. The van der Waals surface area contributed by atoms with Crippen molar-refractivity contribution in [1.29, 1.82) is 0 Å². The van der Waals surface area contributed by atoms with Crippen LogP contribution >= 0.6 is 0 Å². The fraction of sp³-hybridized carbons (Fsp3) is 1.00. The molecule has 1 N–H and O–H groups in total. The van der Waals surface area contributed by atoms with Crippen molar-refractivity contribution in [2.75, 3.05) is 33.4 Å². The smallest absolute Gasteiger partial charge is 0.0510 e. The first-order valence-corrected chi connectivity index (χ1v) is 7.20. The van der Waals surface area contributed by atoms with Gasteiger partial charge in [-0.2, -0.15) is 0 Å². The Balaban J connectivity index is 2.41. The first-order chi connectivity index (χ1) is 8.19. The van der Waals surface area contributed by atoms with Crippen molar-refractivity contribution in [2.45, 2.75) is 52.1 Å². The molecular weight excluding hydrogens is 212 g/mol. The van der Waals surface area contributed by atoms with Crippen LogP contribution in [0.1, 0.15) is 40.0 Å². The highest BCUT2D eigenvalue weighted by atomic mass is 16.5. The topological polar surface area (TPSA) is 24.5 Å². The maximum atomic E-state index is 5.52. The van der Waals surface area contributed by atoms with E-state index < -0.39 is 0 Å². The van der Waals surface area contributed by atoms with Gasteiger partial charge in [0.1, 0.15) is 0 Å². The zero-order chi connectivity index (χ0) is 12.7. The molecule has 1 rings (SSSR count). The summed E-state index contributed by atoms with van der Waals surface area (Å²) in [5.74, 6) is 0.700. The largest absolute Gasteiger partial charge is 0.381 e. The maximum absolute atomic E-state index is 5.52. The van der Waals surface area contributed by atoms with Crippen molar-refractivity contribution in [2.24, 2.45) is 5.92 Å². The SMILES string of the molecule is CCCC(C)N(C)CC(NCC)C1CCOC1. The molecule has 0 aliphatic carbocycles. The van der Waals surface area contributed by atoms with Gasteiger partial charge < -0.3 is 15.0 Å². The van der Waals surface area contributed by atoms with E-state index in [1.807, 2.05) is 0 Å². The Bertz CT molecular complexity index is 193. The van der Waals surface area contributed by atoms with Crippen LogP contribution in [0.25, 0.3) is 0 Å². The fourth-order valence-corrected chi connectivity index (χ4v) is 2.64. The van der Waals surface area contributed by atoms with E-state index in [1.165, 1.54) is 19.3 Å². The molecule has 3 nitrogen and oxygen atoms in total. The van der Waals surface area contributed by atoms with Crippen LogP contribution in [0.15, 0.2) is 0 Å². The first-order valence-electron chi connectivity index (χ1n) is 7.20. The molecule has 17 heavy (non-hydrogen) atoms. The van der Waals surface area contributed by atoms with Gasteiger partial charge in [0.2, 0.25) is 0 Å². The van der Waals surface area contributed by atoms with Gasteiger partial charge in [-0.25, -0.2) is 0 Å². The van der Waals surface area contributed by atoms with E-state index in [-0.39, 0.29) is 0 Å². The van der Waals surface area contributed by atoms with Crippen molar-refractivity contribution in [1.82, 2.24) is 10.2 Å². The zero-order valence-electron chi connectivity index (χ0n) is 12.0. The number of nitrogens with zero attached hydrogens (tertiary/aromatic N) is 1. The molecule has 0 saturated carbocycles. The monoisotopic (exact) mass is 242 g/mol. The molecule has 0 aromatic heterocycles. The molecule has 3 unspecified atom stereocenters. The summed E-state index contributed by atoms with van der Waals surface area (Å²) in [5, 5.41) is 3.63. The summed E-state index contributed by atoms with van der Waals surface area (Å²) >= 11 is 0. The van der Waals surface area contributed by atoms with Gasteiger partial charge >= 0.3 is 0 Å². The average molecular weight is 242 g/mol. The normalized spacial score (nSPS) is 24.2. The molecule has 1 aliphatic heterocycles. The van der Waals surface area contributed by atoms with Crippen LogP contribution < -0.4 is 5.32 Å². The average Bonchev–Trinajstić information content (AvgIpc) is 2.82. The minimum Gasteiger partial charge on any atom is -0.381 e. The predicted octanol–water partition coefficient (Wildman–Crippen LogP) is 2.12. The molecular formula is C14H30N2O. The number of hydrogen-bond acceptors (Lipinski definition) is 3. The second-order valence-electron chi connectivity index (χ2n) is 5.37. The summed E-state index contributed by atoms with van der Waals surface area (Å²) < 4.78 is 5.52. The summed E-state index contributed by atoms with van der Waals surface area (Å²) in [5.41, 5.74) is 0. The lowest BCUT2D eigenvalue weighted by Gasteiger charge is -2.32. The molecule has 0 bridgehead atoms. The van der Waals surface area contributed by atoms with Crippen molar-refractivity contribution in [3.63, 3.8) is 0 Å². The third kappa shape index (κ3) is 4.94. The summed E-state index contributed by atoms with van der Waals surface area (Å²) in [6.07, 6.45) is 3.77. The Morgan fingerprint density at radius 3 is 2.71 bits per heavy atom. The van der Waals surface area contributed by atoms with E-state index in [1.54, 1.807) is 0 Å². The Labute approximate surface area is 107 Å². The van der Waals surface area contributed by atoms with Crippen LogP contribution in [0, 0.1) is 5.92 Å². The minimum atomic E-state index is 0.590. The molecule has 1 aliphatic rings. The molecule has 0 spiro atoms. The first kappa shape index (κ1) is 14.9. The Kier molecular flexibility index (Phi) is 7.09. The summed E-state index contributed by atoms with van der Waals surface area (Å²) in [6, 6.07) is 1.27. The molecule has 0 aromatic rings. The third-order valence-corrected chi connectivity index (χ3v) is 3.94. The molecule has 1 heterocycles. The van der Waals surface area contributed by atoms with E-state index in [0.29, 0.717) is 18.0 Å². The van der Waals surface area contributed by atoms with Crippen molar-refractivity contribution >= 4 is 0 Å². The zero-order valence-corrected chi connectivity index (χ0v) is 12.0. The molecule has 3 heteroatoms. The Morgan fingerprint density at radius 1 is 1.41 bits per heavy atom. The van der Waals surface area contributed by atoms with Gasteiger partial charge in [-0.1, -0.05) is 20.3 Å². The van der Waals surface area contributed by atoms with Gasteiger partial charge in [0.05, 0.1) is 6.61 Å².